The van der Waals surface area contributed by atoms with E-state index in [9.17, 15) is 9.18 Å². The van der Waals surface area contributed by atoms with Crippen LogP contribution in [-0.2, 0) is 11.4 Å². The van der Waals surface area contributed by atoms with Crippen molar-refractivity contribution in [2.24, 2.45) is 5.73 Å². The summed E-state index contributed by atoms with van der Waals surface area (Å²) in [5.74, 6) is -1.08. The third-order valence-corrected chi connectivity index (χ3v) is 3.30. The molecule has 0 spiro atoms. The molecule has 110 valence electrons. The molecule has 0 heterocycles. The van der Waals surface area contributed by atoms with Gasteiger partial charge in [0.2, 0.25) is 0 Å². The molecule has 0 aliphatic rings. The van der Waals surface area contributed by atoms with Gasteiger partial charge >= 0.3 is 5.97 Å². The minimum absolute atomic E-state index is 0.0180. The van der Waals surface area contributed by atoms with Crippen molar-refractivity contribution in [3.63, 3.8) is 0 Å². The molecule has 0 aliphatic heterocycles. The van der Waals surface area contributed by atoms with E-state index in [1.807, 2.05) is 0 Å². The minimum Gasteiger partial charge on any atom is -0.489 e. The highest BCUT2D eigenvalue weighted by Gasteiger charge is 2.14. The molecule has 0 saturated heterocycles. The molecule has 0 saturated carbocycles. The number of carbonyl (C=O) groups is 1. The first-order chi connectivity index (χ1) is 9.99. The van der Waals surface area contributed by atoms with Crippen LogP contribution in [0, 0.1) is 5.82 Å². The van der Waals surface area contributed by atoms with Crippen molar-refractivity contribution in [2.45, 2.75) is 12.6 Å². The summed E-state index contributed by atoms with van der Waals surface area (Å²) in [4.78, 5) is 10.8. The van der Waals surface area contributed by atoms with Crippen LogP contribution < -0.4 is 10.5 Å². The third kappa shape index (κ3) is 3.71. The smallest absolute Gasteiger partial charge is 0.325 e. The van der Waals surface area contributed by atoms with Crippen molar-refractivity contribution in [1.82, 2.24) is 0 Å². The Labute approximate surface area is 125 Å². The predicted molar refractivity (Wildman–Crippen MR) is 76.7 cm³/mol. The summed E-state index contributed by atoms with van der Waals surface area (Å²) in [7, 11) is 0. The minimum atomic E-state index is -1.11. The SMILES string of the molecule is N[C@H](C(=O)O)c1ccc(OCc2c(F)cccc2Cl)cc1. The molecule has 4 nitrogen and oxygen atoms in total. The predicted octanol–water partition coefficient (Wildman–Crippen LogP) is 3.14. The summed E-state index contributed by atoms with van der Waals surface area (Å²) in [6, 6.07) is 9.58. The maximum atomic E-state index is 13.6. The topological polar surface area (TPSA) is 72.6 Å². The molecule has 0 unspecified atom stereocenters. The van der Waals surface area contributed by atoms with Crippen molar-refractivity contribution < 1.29 is 19.0 Å². The van der Waals surface area contributed by atoms with Crippen LogP contribution in [0.4, 0.5) is 4.39 Å². The maximum Gasteiger partial charge on any atom is 0.325 e. The molecule has 1 atom stereocenters. The Morgan fingerprint density at radius 1 is 1.29 bits per heavy atom. The van der Waals surface area contributed by atoms with Crippen molar-refractivity contribution in [1.29, 1.82) is 0 Å². The van der Waals surface area contributed by atoms with Crippen LogP contribution in [0.5, 0.6) is 5.75 Å². The molecule has 0 aromatic heterocycles. The monoisotopic (exact) mass is 309 g/mol. The molecular weight excluding hydrogens is 297 g/mol. The van der Waals surface area contributed by atoms with Crippen LogP contribution in [-0.4, -0.2) is 11.1 Å². The van der Waals surface area contributed by atoms with Crippen molar-refractivity contribution >= 4 is 17.6 Å². The van der Waals surface area contributed by atoms with Gasteiger partial charge in [-0.2, -0.15) is 0 Å². The van der Waals surface area contributed by atoms with E-state index in [1.165, 1.54) is 12.1 Å². The van der Waals surface area contributed by atoms with Crippen LogP contribution in [0.25, 0.3) is 0 Å². The first-order valence-corrected chi connectivity index (χ1v) is 6.51. The van der Waals surface area contributed by atoms with Gasteiger partial charge in [-0.05, 0) is 29.8 Å². The Bertz CT molecular complexity index is 626. The van der Waals surface area contributed by atoms with Crippen LogP contribution in [0.3, 0.4) is 0 Å². The number of halogens is 2. The Morgan fingerprint density at radius 2 is 1.95 bits per heavy atom. The van der Waals surface area contributed by atoms with Crippen LogP contribution in [0.15, 0.2) is 42.5 Å². The number of rotatable bonds is 5. The second kappa shape index (κ2) is 6.56. The summed E-state index contributed by atoms with van der Waals surface area (Å²) in [6.07, 6.45) is 0. The van der Waals surface area contributed by atoms with Crippen molar-refractivity contribution in [3.05, 3.63) is 64.4 Å². The molecule has 2 aromatic carbocycles. The largest absolute Gasteiger partial charge is 0.489 e. The van der Waals surface area contributed by atoms with E-state index in [0.717, 1.165) is 0 Å². The van der Waals surface area contributed by atoms with Gasteiger partial charge in [0, 0.05) is 5.56 Å². The van der Waals surface area contributed by atoms with Gasteiger partial charge in [0.25, 0.3) is 0 Å². The van der Waals surface area contributed by atoms with Gasteiger partial charge in [0.15, 0.2) is 0 Å². The van der Waals surface area contributed by atoms with Crippen LogP contribution >= 0.6 is 11.6 Å². The van der Waals surface area contributed by atoms with Gasteiger partial charge in [0.05, 0.1) is 5.02 Å². The van der Waals surface area contributed by atoms with E-state index < -0.39 is 17.8 Å². The molecule has 0 bridgehead atoms. The second-order valence-electron chi connectivity index (χ2n) is 4.37. The fourth-order valence-corrected chi connectivity index (χ4v) is 1.96. The van der Waals surface area contributed by atoms with Gasteiger partial charge in [0.1, 0.15) is 24.2 Å². The number of hydrogen-bond donors (Lipinski definition) is 2. The fraction of sp³-hybridized carbons (Fsp3) is 0.133. The van der Waals surface area contributed by atoms with E-state index in [-0.39, 0.29) is 12.2 Å². The standard InChI is InChI=1S/C15H13ClFNO3/c16-12-2-1-3-13(17)11(12)8-21-10-6-4-9(5-7-10)14(18)15(19)20/h1-7,14H,8,18H2,(H,19,20)/t14-/m0/s1. The van der Waals surface area contributed by atoms with Crippen LogP contribution in [0.2, 0.25) is 5.02 Å². The maximum absolute atomic E-state index is 13.6. The quantitative estimate of drug-likeness (QED) is 0.890. The lowest BCUT2D eigenvalue weighted by molar-refractivity contribution is -0.138. The normalized spacial score (nSPS) is 12.0. The number of carboxylic acid groups (broad SMARTS) is 1. The lowest BCUT2D eigenvalue weighted by Crippen LogP contribution is -2.20. The summed E-state index contributed by atoms with van der Waals surface area (Å²) in [5, 5.41) is 9.10. The number of benzene rings is 2. The Balaban J connectivity index is 2.06. The van der Waals surface area contributed by atoms with E-state index in [2.05, 4.69) is 0 Å². The number of carboxylic acids is 1. The summed E-state index contributed by atoms with van der Waals surface area (Å²) >= 11 is 5.90. The van der Waals surface area contributed by atoms with Gasteiger partial charge in [-0.15, -0.1) is 0 Å². The second-order valence-corrected chi connectivity index (χ2v) is 4.78. The van der Waals surface area contributed by atoms with E-state index in [4.69, 9.17) is 27.2 Å². The molecule has 0 fully saturated rings. The number of nitrogens with two attached hydrogens (primary N) is 1. The van der Waals surface area contributed by atoms with Crippen molar-refractivity contribution in [2.75, 3.05) is 0 Å². The molecule has 0 radical (unpaired) electrons. The Kier molecular flexibility index (Phi) is 4.77. The van der Waals surface area contributed by atoms with E-state index in [1.54, 1.807) is 30.3 Å². The molecule has 2 aromatic rings. The summed E-state index contributed by atoms with van der Waals surface area (Å²) in [5.41, 5.74) is 6.21. The zero-order chi connectivity index (χ0) is 15.4. The zero-order valence-corrected chi connectivity index (χ0v) is 11.7. The number of aliphatic carboxylic acids is 1. The molecular formula is C15H13ClFNO3. The van der Waals surface area contributed by atoms with Crippen molar-refractivity contribution in [3.8, 4) is 5.75 Å². The third-order valence-electron chi connectivity index (χ3n) is 2.95. The van der Waals surface area contributed by atoms with Crippen LogP contribution in [0.1, 0.15) is 17.2 Å². The van der Waals surface area contributed by atoms with Gasteiger partial charge in [-0.25, -0.2) is 4.39 Å². The van der Waals surface area contributed by atoms with Gasteiger partial charge < -0.3 is 15.6 Å². The lowest BCUT2D eigenvalue weighted by Gasteiger charge is -2.10. The zero-order valence-electron chi connectivity index (χ0n) is 10.9. The molecule has 0 aliphatic carbocycles. The van der Waals surface area contributed by atoms with Gasteiger partial charge in [-0.3, -0.25) is 4.79 Å². The number of hydrogen-bond acceptors (Lipinski definition) is 3. The average Bonchev–Trinajstić information content (AvgIpc) is 2.46. The highest BCUT2D eigenvalue weighted by Crippen LogP contribution is 2.22. The first-order valence-electron chi connectivity index (χ1n) is 6.13. The fourth-order valence-electron chi connectivity index (χ4n) is 1.74. The first kappa shape index (κ1) is 15.3. The average molecular weight is 310 g/mol. The molecule has 0 amide bonds. The highest BCUT2D eigenvalue weighted by atomic mass is 35.5. The molecule has 3 N–H and O–H groups in total. The highest BCUT2D eigenvalue weighted by molar-refractivity contribution is 6.31. The number of ether oxygens (including phenoxy) is 1. The molecule has 6 heteroatoms. The summed E-state index contributed by atoms with van der Waals surface area (Å²) in [6.45, 7) is -0.0180. The van der Waals surface area contributed by atoms with E-state index in [0.29, 0.717) is 16.3 Å². The lowest BCUT2D eigenvalue weighted by atomic mass is 10.1. The van der Waals surface area contributed by atoms with Gasteiger partial charge in [-0.1, -0.05) is 29.8 Å². The van der Waals surface area contributed by atoms with E-state index >= 15 is 0 Å². The Morgan fingerprint density at radius 3 is 2.52 bits per heavy atom. The Hall–Kier alpha value is -2.11. The molecule has 2 rings (SSSR count). The summed E-state index contributed by atoms with van der Waals surface area (Å²) < 4.78 is 19.0. The molecule has 21 heavy (non-hydrogen) atoms.